The number of hydrogen-bond acceptors (Lipinski definition) is 8. The molecule has 0 spiro atoms. The van der Waals surface area contributed by atoms with Gasteiger partial charge in [-0.25, -0.2) is 13.4 Å². The molecule has 0 fully saturated rings. The number of nitrogens with zero attached hydrogens (tertiary/aromatic N) is 2. The summed E-state index contributed by atoms with van der Waals surface area (Å²) in [6.45, 7) is 7.55. The summed E-state index contributed by atoms with van der Waals surface area (Å²) in [6.07, 6.45) is 3.03. The molecule has 0 bridgehead atoms. The van der Waals surface area contributed by atoms with E-state index in [0.717, 1.165) is 11.3 Å². The van der Waals surface area contributed by atoms with Crippen LogP contribution in [0.1, 0.15) is 10.4 Å². The predicted octanol–water partition coefficient (Wildman–Crippen LogP) is 3.94. The SMILES string of the molecule is C=CCN(CC=C)S(=O)(=O)c1ccc2nc(NC(=O)c3cc(OC)c(OC)c(OC)c3)sc2c1. The van der Waals surface area contributed by atoms with Crippen molar-refractivity contribution in [3.63, 3.8) is 0 Å². The van der Waals surface area contributed by atoms with Crippen LogP contribution in [0.5, 0.6) is 17.2 Å². The first-order valence-electron chi connectivity index (χ1n) is 10.0. The summed E-state index contributed by atoms with van der Waals surface area (Å²) in [5.41, 5.74) is 0.838. The number of thiazole rings is 1. The molecule has 180 valence electrons. The standard InChI is InChI=1S/C23H25N3O6S2/c1-6-10-26(11-7-2)34(28,29)16-8-9-17-20(14-16)33-23(24-17)25-22(27)15-12-18(30-3)21(32-5)19(13-15)31-4/h6-9,12-14H,1-2,10-11H2,3-5H3,(H,24,25,27). The lowest BCUT2D eigenvalue weighted by Crippen LogP contribution is -2.31. The summed E-state index contributed by atoms with van der Waals surface area (Å²) in [5.74, 6) is 0.621. The Labute approximate surface area is 202 Å². The van der Waals surface area contributed by atoms with Crippen LogP contribution in [0.3, 0.4) is 0 Å². The van der Waals surface area contributed by atoms with Crippen molar-refractivity contribution in [2.45, 2.75) is 4.90 Å². The lowest BCUT2D eigenvalue weighted by Gasteiger charge is -2.18. The van der Waals surface area contributed by atoms with Gasteiger partial charge < -0.3 is 14.2 Å². The molecule has 0 saturated carbocycles. The van der Waals surface area contributed by atoms with Crippen molar-refractivity contribution in [2.24, 2.45) is 0 Å². The van der Waals surface area contributed by atoms with Crippen molar-refractivity contribution in [1.82, 2.24) is 9.29 Å². The number of sulfonamides is 1. The molecule has 1 amide bonds. The van der Waals surface area contributed by atoms with E-state index in [9.17, 15) is 13.2 Å². The van der Waals surface area contributed by atoms with Gasteiger partial charge in [0.15, 0.2) is 16.6 Å². The van der Waals surface area contributed by atoms with Crippen molar-refractivity contribution in [3.05, 3.63) is 61.2 Å². The van der Waals surface area contributed by atoms with Gasteiger partial charge in [-0.3, -0.25) is 10.1 Å². The van der Waals surface area contributed by atoms with Crippen LogP contribution >= 0.6 is 11.3 Å². The average molecular weight is 504 g/mol. The number of amides is 1. The third kappa shape index (κ3) is 5.06. The van der Waals surface area contributed by atoms with Crippen molar-refractivity contribution in [3.8, 4) is 17.2 Å². The van der Waals surface area contributed by atoms with Crippen molar-refractivity contribution < 1.29 is 27.4 Å². The quantitative estimate of drug-likeness (QED) is 0.395. The molecule has 1 heterocycles. The Balaban J connectivity index is 1.91. The molecule has 11 heteroatoms. The summed E-state index contributed by atoms with van der Waals surface area (Å²) < 4.78 is 43.8. The molecule has 2 aromatic carbocycles. The second-order valence-corrected chi connectivity index (χ2v) is 9.88. The minimum absolute atomic E-state index is 0.120. The number of hydrogen-bond donors (Lipinski definition) is 1. The molecule has 9 nitrogen and oxygen atoms in total. The third-order valence-corrected chi connectivity index (χ3v) is 7.57. The van der Waals surface area contributed by atoms with Gasteiger partial charge in [0.2, 0.25) is 15.8 Å². The maximum atomic E-state index is 13.0. The number of nitrogens with one attached hydrogen (secondary N) is 1. The molecule has 0 aliphatic heterocycles. The number of carbonyl (C=O) groups is 1. The Hall–Kier alpha value is -3.41. The molecule has 0 saturated heterocycles. The van der Waals surface area contributed by atoms with Gasteiger partial charge in [-0.2, -0.15) is 4.31 Å². The van der Waals surface area contributed by atoms with Crippen LogP contribution in [0.25, 0.3) is 10.2 Å². The summed E-state index contributed by atoms with van der Waals surface area (Å²) in [5, 5.41) is 3.06. The Bertz CT molecular complexity index is 1300. The number of rotatable bonds is 11. The first kappa shape index (κ1) is 25.2. The molecule has 34 heavy (non-hydrogen) atoms. The van der Waals surface area contributed by atoms with Gasteiger partial charge >= 0.3 is 0 Å². The fraction of sp³-hybridized carbons (Fsp3) is 0.217. The number of ether oxygens (including phenoxy) is 3. The summed E-state index contributed by atoms with van der Waals surface area (Å²) in [6, 6.07) is 7.69. The van der Waals surface area contributed by atoms with Crippen LogP contribution in [-0.2, 0) is 10.0 Å². The molecule has 0 atom stereocenters. The molecular weight excluding hydrogens is 478 g/mol. The number of aromatic nitrogens is 1. The second kappa shape index (κ2) is 10.7. The topological polar surface area (TPSA) is 107 Å². The van der Waals surface area contributed by atoms with E-state index in [0.29, 0.717) is 32.6 Å². The van der Waals surface area contributed by atoms with E-state index in [1.54, 1.807) is 6.07 Å². The third-order valence-electron chi connectivity index (χ3n) is 4.81. The minimum Gasteiger partial charge on any atom is -0.493 e. The molecule has 0 aliphatic carbocycles. The van der Waals surface area contributed by atoms with Crippen LogP contribution in [-0.4, -0.2) is 58.0 Å². The number of methoxy groups -OCH3 is 3. The molecule has 0 aliphatic rings. The zero-order valence-electron chi connectivity index (χ0n) is 19.0. The van der Waals surface area contributed by atoms with E-state index < -0.39 is 15.9 Å². The molecule has 0 radical (unpaired) electrons. The van der Waals surface area contributed by atoms with Gasteiger partial charge in [-0.1, -0.05) is 23.5 Å². The van der Waals surface area contributed by atoms with Gasteiger partial charge in [-0.05, 0) is 30.3 Å². The van der Waals surface area contributed by atoms with E-state index >= 15 is 0 Å². The molecular formula is C23H25N3O6S2. The average Bonchev–Trinajstić information content (AvgIpc) is 3.24. The number of carbonyl (C=O) groups excluding carboxylic acids is 1. The smallest absolute Gasteiger partial charge is 0.257 e. The van der Waals surface area contributed by atoms with Gasteiger partial charge in [0.1, 0.15) is 0 Å². The normalized spacial score (nSPS) is 11.3. The second-order valence-electron chi connectivity index (χ2n) is 6.92. The molecule has 3 rings (SSSR count). The molecule has 1 aromatic heterocycles. The predicted molar refractivity (Wildman–Crippen MR) is 133 cm³/mol. The summed E-state index contributed by atoms with van der Waals surface area (Å²) in [4.78, 5) is 17.4. The highest BCUT2D eigenvalue weighted by atomic mass is 32.2. The van der Waals surface area contributed by atoms with E-state index in [2.05, 4.69) is 23.5 Å². The fourth-order valence-electron chi connectivity index (χ4n) is 3.21. The van der Waals surface area contributed by atoms with Gasteiger partial charge in [-0.15, -0.1) is 13.2 Å². The molecule has 1 N–H and O–H groups in total. The Morgan fingerprint density at radius 1 is 1.06 bits per heavy atom. The lowest BCUT2D eigenvalue weighted by atomic mass is 10.1. The highest BCUT2D eigenvalue weighted by Crippen LogP contribution is 2.38. The zero-order valence-corrected chi connectivity index (χ0v) is 20.7. The van der Waals surface area contributed by atoms with E-state index in [-0.39, 0.29) is 23.5 Å². The monoisotopic (exact) mass is 503 g/mol. The number of benzene rings is 2. The lowest BCUT2D eigenvalue weighted by molar-refractivity contribution is 0.102. The minimum atomic E-state index is -3.75. The molecule has 0 unspecified atom stereocenters. The van der Waals surface area contributed by atoms with Crippen LogP contribution in [0.15, 0.2) is 60.5 Å². The maximum Gasteiger partial charge on any atom is 0.257 e. The first-order valence-corrected chi connectivity index (χ1v) is 12.3. The largest absolute Gasteiger partial charge is 0.493 e. The Morgan fingerprint density at radius 2 is 1.68 bits per heavy atom. The van der Waals surface area contributed by atoms with Crippen molar-refractivity contribution in [1.29, 1.82) is 0 Å². The van der Waals surface area contributed by atoms with Crippen molar-refractivity contribution >= 4 is 42.6 Å². The zero-order chi connectivity index (χ0) is 24.9. The van der Waals surface area contributed by atoms with Gasteiger partial charge in [0.05, 0.1) is 36.4 Å². The highest BCUT2D eigenvalue weighted by Gasteiger charge is 2.24. The Morgan fingerprint density at radius 3 is 2.21 bits per heavy atom. The van der Waals surface area contributed by atoms with Gasteiger partial charge in [0, 0.05) is 18.7 Å². The summed E-state index contributed by atoms with van der Waals surface area (Å²) in [7, 11) is 0.646. The fourth-order valence-corrected chi connectivity index (χ4v) is 5.59. The van der Waals surface area contributed by atoms with Crippen LogP contribution in [0.2, 0.25) is 0 Å². The maximum absolute atomic E-state index is 13.0. The van der Waals surface area contributed by atoms with Crippen LogP contribution in [0, 0.1) is 0 Å². The Kier molecular flexibility index (Phi) is 7.92. The van der Waals surface area contributed by atoms with E-state index in [4.69, 9.17) is 14.2 Å². The van der Waals surface area contributed by atoms with E-state index in [1.165, 1.54) is 62.1 Å². The number of fused-ring (bicyclic) bond motifs is 1. The summed E-state index contributed by atoms with van der Waals surface area (Å²) >= 11 is 1.16. The number of anilines is 1. The van der Waals surface area contributed by atoms with Crippen LogP contribution < -0.4 is 19.5 Å². The highest BCUT2D eigenvalue weighted by molar-refractivity contribution is 7.89. The van der Waals surface area contributed by atoms with Crippen molar-refractivity contribution in [2.75, 3.05) is 39.7 Å². The van der Waals surface area contributed by atoms with Gasteiger partial charge in [0.25, 0.3) is 5.91 Å². The van der Waals surface area contributed by atoms with E-state index in [1.807, 2.05) is 0 Å². The first-order chi connectivity index (χ1) is 16.3. The van der Waals surface area contributed by atoms with Crippen LogP contribution in [0.4, 0.5) is 5.13 Å². The molecule has 3 aromatic rings.